The zero-order chi connectivity index (χ0) is 22.4. The van der Waals surface area contributed by atoms with E-state index in [1.165, 1.54) is 28.6 Å². The standard InChI is InChI=1S/C22H26N2O6S/c1-16(2)17-6-8-19(9-7-17)23-21(25)15-30-22(26)18-4-3-5-20(14-18)31(27,28)24-10-12-29-13-11-24/h3-9,14,16H,10-13,15H2,1-2H3,(H,23,25). The Morgan fingerprint density at radius 1 is 1.10 bits per heavy atom. The molecule has 0 unspecified atom stereocenters. The number of sulfonamides is 1. The largest absolute Gasteiger partial charge is 0.452 e. The van der Waals surface area contributed by atoms with Gasteiger partial charge in [-0.3, -0.25) is 4.79 Å². The number of esters is 1. The molecule has 2 aromatic carbocycles. The third kappa shape index (κ3) is 5.90. The highest BCUT2D eigenvalue weighted by atomic mass is 32.2. The van der Waals surface area contributed by atoms with E-state index in [1.807, 2.05) is 12.1 Å². The Morgan fingerprint density at radius 2 is 1.77 bits per heavy atom. The van der Waals surface area contributed by atoms with E-state index in [0.717, 1.165) is 5.56 Å². The number of ether oxygens (including phenoxy) is 2. The predicted molar refractivity (Wildman–Crippen MR) is 115 cm³/mol. The summed E-state index contributed by atoms with van der Waals surface area (Å²) in [5, 5.41) is 2.66. The summed E-state index contributed by atoms with van der Waals surface area (Å²) in [6, 6.07) is 13.0. The summed E-state index contributed by atoms with van der Waals surface area (Å²) >= 11 is 0. The van der Waals surface area contributed by atoms with Crippen LogP contribution in [-0.4, -0.2) is 57.5 Å². The Labute approximate surface area is 182 Å². The molecule has 0 aromatic heterocycles. The maximum absolute atomic E-state index is 12.8. The smallest absolute Gasteiger partial charge is 0.338 e. The number of hydrogen-bond acceptors (Lipinski definition) is 6. The molecule has 0 spiro atoms. The maximum Gasteiger partial charge on any atom is 0.338 e. The molecular formula is C22H26N2O6S. The Kier molecular flexibility index (Phi) is 7.42. The van der Waals surface area contributed by atoms with Crippen LogP contribution in [0.25, 0.3) is 0 Å². The van der Waals surface area contributed by atoms with Gasteiger partial charge in [-0.25, -0.2) is 13.2 Å². The van der Waals surface area contributed by atoms with Gasteiger partial charge in [0.2, 0.25) is 10.0 Å². The SMILES string of the molecule is CC(C)c1ccc(NC(=O)COC(=O)c2cccc(S(=O)(=O)N3CCOCC3)c2)cc1. The second kappa shape index (κ2) is 10.0. The molecule has 1 aliphatic rings. The van der Waals surface area contributed by atoms with Gasteiger partial charge in [0, 0.05) is 18.8 Å². The lowest BCUT2D eigenvalue weighted by molar-refractivity contribution is -0.119. The summed E-state index contributed by atoms with van der Waals surface area (Å²) in [7, 11) is -3.73. The monoisotopic (exact) mass is 446 g/mol. The van der Waals surface area contributed by atoms with Crippen molar-refractivity contribution >= 4 is 27.6 Å². The predicted octanol–water partition coefficient (Wildman–Crippen LogP) is 2.63. The van der Waals surface area contributed by atoms with Crippen molar-refractivity contribution < 1.29 is 27.5 Å². The number of amides is 1. The third-order valence-corrected chi connectivity index (χ3v) is 6.77. The highest BCUT2D eigenvalue weighted by molar-refractivity contribution is 7.89. The van der Waals surface area contributed by atoms with Crippen molar-refractivity contribution in [2.75, 3.05) is 38.2 Å². The lowest BCUT2D eigenvalue weighted by Gasteiger charge is -2.26. The highest BCUT2D eigenvalue weighted by Crippen LogP contribution is 2.19. The van der Waals surface area contributed by atoms with Crippen molar-refractivity contribution in [3.8, 4) is 0 Å². The zero-order valence-corrected chi connectivity index (χ0v) is 18.4. The van der Waals surface area contributed by atoms with Crippen LogP contribution >= 0.6 is 0 Å². The van der Waals surface area contributed by atoms with Gasteiger partial charge in [-0.1, -0.05) is 32.0 Å². The van der Waals surface area contributed by atoms with Crippen molar-refractivity contribution in [3.63, 3.8) is 0 Å². The molecular weight excluding hydrogens is 420 g/mol. The topological polar surface area (TPSA) is 102 Å². The van der Waals surface area contributed by atoms with Gasteiger partial charge in [0.05, 0.1) is 23.7 Å². The fraction of sp³-hybridized carbons (Fsp3) is 0.364. The Balaban J connectivity index is 1.59. The summed E-state index contributed by atoms with van der Waals surface area (Å²) in [6.07, 6.45) is 0. The summed E-state index contributed by atoms with van der Waals surface area (Å²) in [4.78, 5) is 24.4. The van der Waals surface area contributed by atoms with E-state index in [1.54, 1.807) is 12.1 Å². The van der Waals surface area contributed by atoms with Crippen LogP contribution in [0.2, 0.25) is 0 Å². The van der Waals surface area contributed by atoms with E-state index in [9.17, 15) is 18.0 Å². The first-order valence-electron chi connectivity index (χ1n) is 10.0. The molecule has 8 nitrogen and oxygen atoms in total. The average Bonchev–Trinajstić information content (AvgIpc) is 2.78. The summed E-state index contributed by atoms with van der Waals surface area (Å²) in [6.45, 7) is 4.85. The van der Waals surface area contributed by atoms with Gasteiger partial charge < -0.3 is 14.8 Å². The number of anilines is 1. The van der Waals surface area contributed by atoms with Gasteiger partial charge in [-0.05, 0) is 41.8 Å². The molecule has 166 valence electrons. The molecule has 0 saturated carbocycles. The second-order valence-electron chi connectivity index (χ2n) is 7.45. The lowest BCUT2D eigenvalue weighted by Crippen LogP contribution is -2.40. The summed E-state index contributed by atoms with van der Waals surface area (Å²) in [5.41, 5.74) is 1.81. The number of carbonyl (C=O) groups excluding carboxylic acids is 2. The Hall–Kier alpha value is -2.75. The van der Waals surface area contributed by atoms with Crippen LogP contribution in [0.4, 0.5) is 5.69 Å². The minimum absolute atomic E-state index is 0.00135. The second-order valence-corrected chi connectivity index (χ2v) is 9.38. The van der Waals surface area contributed by atoms with Crippen LogP contribution in [0.5, 0.6) is 0 Å². The molecule has 1 heterocycles. The molecule has 1 fully saturated rings. The van der Waals surface area contributed by atoms with Gasteiger partial charge >= 0.3 is 5.97 Å². The maximum atomic E-state index is 12.8. The quantitative estimate of drug-likeness (QED) is 0.656. The van der Waals surface area contributed by atoms with Gasteiger partial charge in [0.15, 0.2) is 6.61 Å². The van der Waals surface area contributed by atoms with Crippen LogP contribution in [0, 0.1) is 0 Å². The first kappa shape index (κ1) is 22.9. The molecule has 9 heteroatoms. The number of nitrogens with zero attached hydrogens (tertiary/aromatic N) is 1. The van der Waals surface area contributed by atoms with E-state index in [-0.39, 0.29) is 23.5 Å². The van der Waals surface area contributed by atoms with E-state index in [2.05, 4.69) is 19.2 Å². The molecule has 31 heavy (non-hydrogen) atoms. The van der Waals surface area contributed by atoms with Crippen LogP contribution in [0.3, 0.4) is 0 Å². The Bertz CT molecular complexity index is 1030. The molecule has 1 N–H and O–H groups in total. The van der Waals surface area contributed by atoms with Crippen LogP contribution < -0.4 is 5.32 Å². The van der Waals surface area contributed by atoms with Gasteiger partial charge in [-0.2, -0.15) is 4.31 Å². The number of morpholine rings is 1. The van der Waals surface area contributed by atoms with Crippen molar-refractivity contribution in [2.45, 2.75) is 24.7 Å². The van der Waals surface area contributed by atoms with Gasteiger partial charge in [-0.15, -0.1) is 0 Å². The van der Waals surface area contributed by atoms with E-state index >= 15 is 0 Å². The first-order valence-corrected chi connectivity index (χ1v) is 11.5. The first-order chi connectivity index (χ1) is 14.8. The van der Waals surface area contributed by atoms with Crippen LogP contribution in [0.1, 0.15) is 35.7 Å². The molecule has 0 atom stereocenters. The van der Waals surface area contributed by atoms with Gasteiger partial charge in [0.25, 0.3) is 5.91 Å². The van der Waals surface area contributed by atoms with Crippen molar-refractivity contribution in [2.24, 2.45) is 0 Å². The fourth-order valence-corrected chi connectivity index (χ4v) is 4.54. The normalized spacial score (nSPS) is 14.9. The number of benzene rings is 2. The number of hydrogen-bond donors (Lipinski definition) is 1. The van der Waals surface area contributed by atoms with E-state index in [4.69, 9.17) is 9.47 Å². The molecule has 2 aromatic rings. The average molecular weight is 447 g/mol. The van der Waals surface area contributed by atoms with E-state index < -0.39 is 28.5 Å². The molecule has 3 rings (SSSR count). The zero-order valence-electron chi connectivity index (χ0n) is 17.5. The summed E-state index contributed by atoms with van der Waals surface area (Å²) in [5.74, 6) is -0.874. The number of rotatable bonds is 7. The van der Waals surface area contributed by atoms with Crippen molar-refractivity contribution in [1.29, 1.82) is 0 Å². The fourth-order valence-electron chi connectivity index (χ4n) is 3.08. The van der Waals surface area contributed by atoms with Crippen molar-refractivity contribution in [3.05, 3.63) is 59.7 Å². The summed E-state index contributed by atoms with van der Waals surface area (Å²) < 4.78 is 37.1. The van der Waals surface area contributed by atoms with Crippen molar-refractivity contribution in [1.82, 2.24) is 4.31 Å². The highest BCUT2D eigenvalue weighted by Gasteiger charge is 2.27. The van der Waals surface area contributed by atoms with Gasteiger partial charge in [0.1, 0.15) is 0 Å². The Morgan fingerprint density at radius 3 is 2.42 bits per heavy atom. The number of nitrogens with one attached hydrogen (secondary N) is 1. The lowest BCUT2D eigenvalue weighted by atomic mass is 10.0. The van der Waals surface area contributed by atoms with E-state index in [0.29, 0.717) is 24.8 Å². The minimum atomic E-state index is -3.73. The molecule has 1 aliphatic heterocycles. The molecule has 1 saturated heterocycles. The molecule has 0 radical (unpaired) electrons. The molecule has 1 amide bonds. The number of carbonyl (C=O) groups is 2. The van der Waals surface area contributed by atoms with Crippen LogP contribution in [0.15, 0.2) is 53.4 Å². The molecule has 0 bridgehead atoms. The van der Waals surface area contributed by atoms with Crippen LogP contribution in [-0.2, 0) is 24.3 Å². The minimum Gasteiger partial charge on any atom is -0.452 e. The molecule has 0 aliphatic carbocycles. The third-order valence-electron chi connectivity index (χ3n) is 4.87.